The van der Waals surface area contributed by atoms with Crippen molar-refractivity contribution in [2.75, 3.05) is 0 Å². The molecule has 1 N–H and O–H groups in total. The third-order valence-electron chi connectivity index (χ3n) is 2.33. The van der Waals surface area contributed by atoms with Crippen LogP contribution in [0.3, 0.4) is 0 Å². The van der Waals surface area contributed by atoms with Crippen LogP contribution in [0.15, 0.2) is 0 Å². The highest BCUT2D eigenvalue weighted by Crippen LogP contribution is 2.33. The number of nitriles is 1. The van der Waals surface area contributed by atoms with Crippen LogP contribution in [0.2, 0.25) is 0 Å². The van der Waals surface area contributed by atoms with Crippen molar-refractivity contribution in [2.45, 2.75) is 25.7 Å². The standard InChI is InChI=1S/C8H11NO2/c9-5-4-6-2-1-3-7(6)8(10)11/h6-7H,1-4H2,(H,10,11)/t6?,7-/m0/s1. The lowest BCUT2D eigenvalue weighted by molar-refractivity contribution is -0.142. The first-order chi connectivity index (χ1) is 5.25. The molecule has 0 spiro atoms. The minimum absolute atomic E-state index is 0.109. The predicted octanol–water partition coefficient (Wildman–Crippen LogP) is 1.40. The number of carboxylic acids is 1. The van der Waals surface area contributed by atoms with Gasteiger partial charge < -0.3 is 5.11 Å². The molecule has 60 valence electrons. The van der Waals surface area contributed by atoms with Crippen molar-refractivity contribution in [1.29, 1.82) is 5.26 Å². The second-order valence-electron chi connectivity index (χ2n) is 3.00. The van der Waals surface area contributed by atoms with Crippen LogP contribution in [-0.2, 0) is 4.79 Å². The molecule has 0 bridgehead atoms. The summed E-state index contributed by atoms with van der Waals surface area (Å²) in [7, 11) is 0. The average Bonchev–Trinajstić information content (AvgIpc) is 2.36. The Hall–Kier alpha value is -1.04. The maximum Gasteiger partial charge on any atom is 0.306 e. The second kappa shape index (κ2) is 3.38. The van der Waals surface area contributed by atoms with Gasteiger partial charge in [0.15, 0.2) is 0 Å². The Morgan fingerprint density at radius 2 is 2.36 bits per heavy atom. The molecule has 0 amide bonds. The Bertz CT molecular complexity index is 195. The Balaban J connectivity index is 2.52. The van der Waals surface area contributed by atoms with E-state index >= 15 is 0 Å². The summed E-state index contributed by atoms with van der Waals surface area (Å²) in [6.45, 7) is 0. The minimum atomic E-state index is -0.734. The van der Waals surface area contributed by atoms with E-state index in [0.29, 0.717) is 6.42 Å². The molecule has 0 heterocycles. The molecule has 2 atom stereocenters. The van der Waals surface area contributed by atoms with Crippen molar-refractivity contribution < 1.29 is 9.90 Å². The van der Waals surface area contributed by atoms with Gasteiger partial charge in [0.2, 0.25) is 0 Å². The summed E-state index contributed by atoms with van der Waals surface area (Å²) in [6.07, 6.45) is 3.02. The van der Waals surface area contributed by atoms with Crippen molar-refractivity contribution in [3.05, 3.63) is 0 Å². The summed E-state index contributed by atoms with van der Waals surface area (Å²) in [5.74, 6) is -0.880. The highest BCUT2D eigenvalue weighted by molar-refractivity contribution is 5.70. The van der Waals surface area contributed by atoms with Gasteiger partial charge in [-0.2, -0.15) is 5.26 Å². The Kier molecular flexibility index (Phi) is 2.48. The molecule has 0 aliphatic heterocycles. The topological polar surface area (TPSA) is 61.1 Å². The summed E-state index contributed by atoms with van der Waals surface area (Å²) in [4.78, 5) is 10.6. The predicted molar refractivity (Wildman–Crippen MR) is 38.7 cm³/mol. The normalized spacial score (nSPS) is 29.7. The summed E-state index contributed by atoms with van der Waals surface area (Å²) in [5.41, 5.74) is 0. The molecule has 1 fully saturated rings. The van der Waals surface area contributed by atoms with Gasteiger partial charge in [-0.25, -0.2) is 0 Å². The number of carbonyl (C=O) groups is 1. The molecule has 1 unspecified atom stereocenters. The molecule has 3 heteroatoms. The third-order valence-corrected chi connectivity index (χ3v) is 2.33. The van der Waals surface area contributed by atoms with E-state index in [4.69, 9.17) is 10.4 Å². The van der Waals surface area contributed by atoms with E-state index in [-0.39, 0.29) is 11.8 Å². The lowest BCUT2D eigenvalue weighted by Gasteiger charge is -2.10. The van der Waals surface area contributed by atoms with Crippen LogP contribution in [0.1, 0.15) is 25.7 Å². The molecule has 1 saturated carbocycles. The third kappa shape index (κ3) is 1.70. The first kappa shape index (κ1) is 8.06. The summed E-state index contributed by atoms with van der Waals surface area (Å²) in [5, 5.41) is 17.1. The van der Waals surface area contributed by atoms with E-state index < -0.39 is 5.97 Å². The SMILES string of the molecule is N#CCC1CCC[C@@H]1C(=O)O. The smallest absolute Gasteiger partial charge is 0.306 e. The Morgan fingerprint density at radius 3 is 2.91 bits per heavy atom. The molecule has 0 aromatic heterocycles. The van der Waals surface area contributed by atoms with Crippen molar-refractivity contribution in [1.82, 2.24) is 0 Å². The molecule has 0 aromatic carbocycles. The maximum atomic E-state index is 10.6. The lowest BCUT2D eigenvalue weighted by atomic mass is 9.94. The quantitative estimate of drug-likeness (QED) is 0.652. The van der Waals surface area contributed by atoms with Gasteiger partial charge in [-0.3, -0.25) is 4.79 Å². The van der Waals surface area contributed by atoms with Gasteiger partial charge >= 0.3 is 5.97 Å². The fourth-order valence-corrected chi connectivity index (χ4v) is 1.72. The summed E-state index contributed by atoms with van der Waals surface area (Å²) < 4.78 is 0. The maximum absolute atomic E-state index is 10.6. The van der Waals surface area contributed by atoms with Gasteiger partial charge in [0.1, 0.15) is 0 Å². The van der Waals surface area contributed by atoms with Crippen LogP contribution in [0, 0.1) is 23.2 Å². The largest absolute Gasteiger partial charge is 0.481 e. The van der Waals surface area contributed by atoms with E-state index in [2.05, 4.69) is 0 Å². The van der Waals surface area contributed by atoms with Crippen molar-refractivity contribution >= 4 is 5.97 Å². The summed E-state index contributed by atoms with van der Waals surface area (Å²) >= 11 is 0. The Morgan fingerprint density at radius 1 is 1.64 bits per heavy atom. The zero-order valence-corrected chi connectivity index (χ0v) is 6.29. The van der Waals surface area contributed by atoms with Crippen molar-refractivity contribution in [2.24, 2.45) is 11.8 Å². The van der Waals surface area contributed by atoms with Crippen LogP contribution in [0.5, 0.6) is 0 Å². The molecular weight excluding hydrogens is 142 g/mol. The van der Waals surface area contributed by atoms with Gasteiger partial charge in [-0.05, 0) is 18.8 Å². The number of hydrogen-bond acceptors (Lipinski definition) is 2. The monoisotopic (exact) mass is 153 g/mol. The second-order valence-corrected chi connectivity index (χ2v) is 3.00. The number of aliphatic carboxylic acids is 1. The van der Waals surface area contributed by atoms with Crippen LogP contribution in [0.25, 0.3) is 0 Å². The average molecular weight is 153 g/mol. The van der Waals surface area contributed by atoms with Crippen molar-refractivity contribution in [3.63, 3.8) is 0 Å². The number of rotatable bonds is 2. The zero-order chi connectivity index (χ0) is 8.27. The summed E-state index contributed by atoms with van der Waals surface area (Å²) in [6, 6.07) is 2.03. The molecule has 1 rings (SSSR count). The lowest BCUT2D eigenvalue weighted by Crippen LogP contribution is -2.17. The number of carboxylic acid groups (broad SMARTS) is 1. The molecule has 0 saturated heterocycles. The van der Waals surface area contributed by atoms with Crippen LogP contribution < -0.4 is 0 Å². The van der Waals surface area contributed by atoms with E-state index in [1.54, 1.807) is 0 Å². The highest BCUT2D eigenvalue weighted by atomic mass is 16.4. The molecule has 0 aromatic rings. The van der Waals surface area contributed by atoms with E-state index in [1.807, 2.05) is 6.07 Å². The van der Waals surface area contributed by atoms with E-state index in [9.17, 15) is 4.79 Å². The molecule has 0 radical (unpaired) electrons. The number of hydrogen-bond donors (Lipinski definition) is 1. The Labute approximate surface area is 65.6 Å². The molecule has 11 heavy (non-hydrogen) atoms. The first-order valence-electron chi connectivity index (χ1n) is 3.85. The van der Waals surface area contributed by atoms with Gasteiger partial charge in [-0.15, -0.1) is 0 Å². The van der Waals surface area contributed by atoms with Crippen LogP contribution in [-0.4, -0.2) is 11.1 Å². The fourth-order valence-electron chi connectivity index (χ4n) is 1.72. The molecular formula is C8H11NO2. The van der Waals surface area contributed by atoms with E-state index in [1.165, 1.54) is 0 Å². The molecule has 1 aliphatic rings. The van der Waals surface area contributed by atoms with Gasteiger partial charge in [0.25, 0.3) is 0 Å². The van der Waals surface area contributed by atoms with Gasteiger partial charge in [-0.1, -0.05) is 6.42 Å². The first-order valence-corrected chi connectivity index (χ1v) is 3.85. The van der Waals surface area contributed by atoms with Gasteiger partial charge in [0, 0.05) is 6.42 Å². The zero-order valence-electron chi connectivity index (χ0n) is 6.29. The van der Waals surface area contributed by atoms with Gasteiger partial charge in [0.05, 0.1) is 12.0 Å². The highest BCUT2D eigenvalue weighted by Gasteiger charge is 2.32. The minimum Gasteiger partial charge on any atom is -0.481 e. The van der Waals surface area contributed by atoms with Crippen LogP contribution >= 0.6 is 0 Å². The number of nitrogens with zero attached hydrogens (tertiary/aromatic N) is 1. The van der Waals surface area contributed by atoms with Crippen molar-refractivity contribution in [3.8, 4) is 6.07 Å². The molecule has 1 aliphatic carbocycles. The van der Waals surface area contributed by atoms with Crippen LogP contribution in [0.4, 0.5) is 0 Å². The van der Waals surface area contributed by atoms with E-state index in [0.717, 1.165) is 19.3 Å². The molecule has 3 nitrogen and oxygen atoms in total. The fraction of sp³-hybridized carbons (Fsp3) is 0.750.